The zero-order valence-corrected chi connectivity index (χ0v) is 17.4. The number of hydrogen-bond acceptors (Lipinski definition) is 5. The van der Waals surface area contributed by atoms with E-state index in [9.17, 15) is 21.6 Å². The van der Waals surface area contributed by atoms with Gasteiger partial charge in [0, 0.05) is 12.2 Å². The van der Waals surface area contributed by atoms with E-state index < -0.39 is 25.8 Å². The number of carbonyl (C=O) groups is 1. The Kier molecular flexibility index (Phi) is 7.34. The molecule has 28 heavy (non-hydrogen) atoms. The highest BCUT2D eigenvalue weighted by Gasteiger charge is 2.21. The van der Waals surface area contributed by atoms with E-state index in [2.05, 4.69) is 10.0 Å². The van der Waals surface area contributed by atoms with Gasteiger partial charge in [-0.25, -0.2) is 21.6 Å². The van der Waals surface area contributed by atoms with Gasteiger partial charge in [-0.05, 0) is 49.2 Å². The summed E-state index contributed by atoms with van der Waals surface area (Å²) in [6, 6.07) is 11.7. The van der Waals surface area contributed by atoms with Gasteiger partial charge in [-0.2, -0.15) is 0 Å². The molecule has 2 rings (SSSR count). The second kappa shape index (κ2) is 9.31. The molecule has 2 N–H and O–H groups in total. The predicted octanol–water partition coefficient (Wildman–Crippen LogP) is 2.81. The van der Waals surface area contributed by atoms with Crippen LogP contribution in [0.4, 0.5) is 5.69 Å². The van der Waals surface area contributed by atoms with Gasteiger partial charge in [-0.15, -0.1) is 0 Å². The molecule has 0 heterocycles. The summed E-state index contributed by atoms with van der Waals surface area (Å²) in [5.74, 6) is -0.621. The maximum Gasteiger partial charge on any atom is 0.256 e. The maximum absolute atomic E-state index is 12.6. The highest BCUT2D eigenvalue weighted by atomic mass is 32.2. The lowest BCUT2D eigenvalue weighted by molar-refractivity contribution is 0.102. The Morgan fingerprint density at radius 1 is 0.893 bits per heavy atom. The van der Waals surface area contributed by atoms with E-state index in [0.717, 1.165) is 0 Å². The van der Waals surface area contributed by atoms with Crippen LogP contribution in [0.3, 0.4) is 0 Å². The van der Waals surface area contributed by atoms with Crippen LogP contribution in [0.15, 0.2) is 58.3 Å². The summed E-state index contributed by atoms with van der Waals surface area (Å²) in [4.78, 5) is 12.7. The maximum atomic E-state index is 12.6. The Labute approximate surface area is 166 Å². The Morgan fingerprint density at radius 3 is 2.14 bits per heavy atom. The fraction of sp³-hybridized carbons (Fsp3) is 0.316. The number of benzene rings is 2. The van der Waals surface area contributed by atoms with Crippen molar-refractivity contribution in [2.75, 3.05) is 17.6 Å². The van der Waals surface area contributed by atoms with Crippen molar-refractivity contribution in [2.24, 2.45) is 0 Å². The fourth-order valence-electron chi connectivity index (χ4n) is 2.54. The van der Waals surface area contributed by atoms with Crippen molar-refractivity contribution in [1.29, 1.82) is 0 Å². The molecule has 0 aliphatic heterocycles. The lowest BCUT2D eigenvalue weighted by atomic mass is 10.2. The van der Waals surface area contributed by atoms with Gasteiger partial charge in [0.15, 0.2) is 9.84 Å². The summed E-state index contributed by atoms with van der Waals surface area (Å²) in [6.45, 7) is 3.95. The SMILES string of the molecule is CCCNS(=O)(=O)c1ccc(NC(=O)c2ccccc2S(=O)(=O)CCC)cc1. The minimum Gasteiger partial charge on any atom is -0.322 e. The van der Waals surface area contributed by atoms with Crippen molar-refractivity contribution in [3.63, 3.8) is 0 Å². The normalized spacial score (nSPS) is 11.9. The number of amides is 1. The number of hydrogen-bond donors (Lipinski definition) is 2. The first-order valence-corrected chi connectivity index (χ1v) is 12.1. The van der Waals surface area contributed by atoms with Crippen LogP contribution in [0, 0.1) is 0 Å². The predicted molar refractivity (Wildman–Crippen MR) is 109 cm³/mol. The average Bonchev–Trinajstić information content (AvgIpc) is 2.67. The molecule has 0 fully saturated rings. The van der Waals surface area contributed by atoms with Crippen molar-refractivity contribution in [1.82, 2.24) is 4.72 Å². The molecule has 0 aliphatic rings. The van der Waals surface area contributed by atoms with Gasteiger partial charge in [0.05, 0.1) is 21.1 Å². The van der Waals surface area contributed by atoms with E-state index in [4.69, 9.17) is 0 Å². The molecule has 0 aromatic heterocycles. The number of nitrogens with one attached hydrogen (secondary N) is 2. The molecule has 0 saturated heterocycles. The zero-order valence-electron chi connectivity index (χ0n) is 15.8. The van der Waals surface area contributed by atoms with Gasteiger partial charge in [-0.1, -0.05) is 26.0 Å². The summed E-state index contributed by atoms with van der Waals surface area (Å²) < 4.78 is 51.5. The van der Waals surface area contributed by atoms with Gasteiger partial charge in [0.25, 0.3) is 5.91 Å². The van der Waals surface area contributed by atoms with Crippen LogP contribution in [-0.2, 0) is 19.9 Å². The van der Waals surface area contributed by atoms with Crippen molar-refractivity contribution in [2.45, 2.75) is 36.5 Å². The first-order chi connectivity index (χ1) is 13.2. The van der Waals surface area contributed by atoms with Crippen molar-refractivity contribution in [3.05, 3.63) is 54.1 Å². The minimum absolute atomic E-state index is 0.0164. The molecule has 2 aromatic carbocycles. The number of sulfonamides is 1. The van der Waals surface area contributed by atoms with Gasteiger partial charge in [-0.3, -0.25) is 4.79 Å². The molecule has 0 atom stereocenters. The summed E-state index contributed by atoms with van der Waals surface area (Å²) in [5, 5.41) is 2.62. The van der Waals surface area contributed by atoms with E-state index in [1.807, 2.05) is 6.92 Å². The first-order valence-electron chi connectivity index (χ1n) is 8.94. The van der Waals surface area contributed by atoms with Gasteiger partial charge in [0.2, 0.25) is 10.0 Å². The lowest BCUT2D eigenvalue weighted by Gasteiger charge is -2.11. The topological polar surface area (TPSA) is 109 Å². The number of sulfone groups is 1. The molecule has 0 radical (unpaired) electrons. The smallest absolute Gasteiger partial charge is 0.256 e. The van der Waals surface area contributed by atoms with E-state index in [1.165, 1.54) is 36.4 Å². The van der Waals surface area contributed by atoms with Crippen LogP contribution in [0.1, 0.15) is 37.0 Å². The summed E-state index contributed by atoms with van der Waals surface area (Å²) in [6.07, 6.45) is 1.12. The Hall–Kier alpha value is -2.23. The third-order valence-electron chi connectivity index (χ3n) is 3.90. The van der Waals surface area contributed by atoms with Crippen LogP contribution in [0.2, 0.25) is 0 Å². The molecular formula is C19H24N2O5S2. The van der Waals surface area contributed by atoms with Crippen LogP contribution < -0.4 is 10.0 Å². The van der Waals surface area contributed by atoms with Crippen LogP contribution >= 0.6 is 0 Å². The Morgan fingerprint density at radius 2 is 1.54 bits per heavy atom. The molecule has 9 heteroatoms. The number of carbonyl (C=O) groups excluding carboxylic acids is 1. The lowest BCUT2D eigenvalue weighted by Crippen LogP contribution is -2.24. The molecule has 1 amide bonds. The van der Waals surface area contributed by atoms with Crippen LogP contribution in [0.25, 0.3) is 0 Å². The standard InChI is InChI=1S/C19H24N2O5S2/c1-3-13-20-28(25,26)16-11-9-15(10-12-16)21-19(22)17-7-5-6-8-18(17)27(23,24)14-4-2/h5-12,20H,3-4,13-14H2,1-2H3,(H,21,22). The third kappa shape index (κ3) is 5.40. The Balaban J connectivity index is 2.23. The van der Waals surface area contributed by atoms with Crippen molar-refractivity contribution in [3.8, 4) is 0 Å². The van der Waals surface area contributed by atoms with Gasteiger partial charge < -0.3 is 5.32 Å². The summed E-state index contributed by atoms with van der Waals surface area (Å²) in [7, 11) is -7.16. The molecule has 0 spiro atoms. The van der Waals surface area contributed by atoms with E-state index in [0.29, 0.717) is 25.1 Å². The quantitative estimate of drug-likeness (QED) is 0.643. The highest BCUT2D eigenvalue weighted by Crippen LogP contribution is 2.20. The molecule has 152 valence electrons. The molecule has 0 unspecified atom stereocenters. The summed E-state index contributed by atoms with van der Waals surface area (Å²) >= 11 is 0. The molecular weight excluding hydrogens is 400 g/mol. The minimum atomic E-state index is -3.59. The zero-order chi connectivity index (χ0) is 20.8. The monoisotopic (exact) mass is 424 g/mol. The molecule has 2 aromatic rings. The van der Waals surface area contributed by atoms with Gasteiger partial charge in [0.1, 0.15) is 0 Å². The number of anilines is 1. The summed E-state index contributed by atoms with van der Waals surface area (Å²) in [5.41, 5.74) is 0.416. The van der Waals surface area contributed by atoms with Crippen molar-refractivity contribution >= 4 is 31.5 Å². The molecule has 0 saturated carbocycles. The van der Waals surface area contributed by atoms with Crippen LogP contribution in [0.5, 0.6) is 0 Å². The number of rotatable bonds is 9. The molecule has 0 aliphatic carbocycles. The second-order valence-corrected chi connectivity index (χ2v) is 10.0. The van der Waals surface area contributed by atoms with E-state index in [1.54, 1.807) is 19.1 Å². The average molecular weight is 425 g/mol. The molecule has 7 nitrogen and oxygen atoms in total. The second-order valence-electron chi connectivity index (χ2n) is 6.19. The molecule has 0 bridgehead atoms. The largest absolute Gasteiger partial charge is 0.322 e. The van der Waals surface area contributed by atoms with E-state index in [-0.39, 0.29) is 21.1 Å². The third-order valence-corrected chi connectivity index (χ3v) is 7.35. The first kappa shape index (κ1) is 22.1. The van der Waals surface area contributed by atoms with Gasteiger partial charge >= 0.3 is 0 Å². The van der Waals surface area contributed by atoms with Crippen molar-refractivity contribution < 1.29 is 21.6 Å². The highest BCUT2D eigenvalue weighted by molar-refractivity contribution is 7.91. The van der Waals surface area contributed by atoms with Crippen LogP contribution in [-0.4, -0.2) is 35.0 Å². The van der Waals surface area contributed by atoms with E-state index >= 15 is 0 Å². The fourth-order valence-corrected chi connectivity index (χ4v) is 5.21. The Bertz CT molecular complexity index is 1030.